The third kappa shape index (κ3) is 3.65. The zero-order valence-corrected chi connectivity index (χ0v) is 11.0. The summed E-state index contributed by atoms with van der Waals surface area (Å²) in [5.74, 6) is 0. The van der Waals surface area contributed by atoms with Gasteiger partial charge in [0.05, 0.1) is 17.0 Å². The first-order valence-electron chi connectivity index (χ1n) is 4.75. The van der Waals surface area contributed by atoms with E-state index in [1.807, 2.05) is 36.4 Å². The SMILES string of the molecule is S=C=Nc1ccc(Sc2ccc(Cl)cc2)nc1. The van der Waals surface area contributed by atoms with Crippen molar-refractivity contribution in [1.82, 2.24) is 4.98 Å². The van der Waals surface area contributed by atoms with Gasteiger partial charge in [-0.2, -0.15) is 4.99 Å². The van der Waals surface area contributed by atoms with Crippen LogP contribution in [0.15, 0.2) is 57.5 Å². The Hall–Kier alpha value is -1.19. The predicted octanol–water partition coefficient (Wildman–Crippen LogP) is 4.62. The van der Waals surface area contributed by atoms with Gasteiger partial charge >= 0.3 is 0 Å². The lowest BCUT2D eigenvalue weighted by Crippen LogP contribution is -1.78. The summed E-state index contributed by atoms with van der Waals surface area (Å²) in [5, 5.41) is 3.93. The van der Waals surface area contributed by atoms with Gasteiger partial charge in [0.15, 0.2) is 0 Å². The summed E-state index contributed by atoms with van der Waals surface area (Å²) >= 11 is 11.9. The third-order valence-electron chi connectivity index (χ3n) is 1.93. The van der Waals surface area contributed by atoms with Crippen molar-refractivity contribution in [2.45, 2.75) is 9.92 Å². The van der Waals surface area contributed by atoms with Crippen LogP contribution in [0.5, 0.6) is 0 Å². The molecule has 0 aliphatic carbocycles. The fraction of sp³-hybridized carbons (Fsp3) is 0. The van der Waals surface area contributed by atoms with Gasteiger partial charge in [0, 0.05) is 9.92 Å². The van der Waals surface area contributed by atoms with Crippen molar-refractivity contribution >= 4 is 46.4 Å². The average molecular weight is 279 g/mol. The molecule has 0 aliphatic rings. The Labute approximate surface area is 114 Å². The van der Waals surface area contributed by atoms with Crippen LogP contribution in [0.3, 0.4) is 0 Å². The maximum absolute atomic E-state index is 5.82. The number of thiocarbonyl (C=S) groups is 1. The van der Waals surface area contributed by atoms with Crippen LogP contribution in [0.1, 0.15) is 0 Å². The van der Waals surface area contributed by atoms with Gasteiger partial charge in [-0.15, -0.1) is 0 Å². The van der Waals surface area contributed by atoms with Crippen molar-refractivity contribution < 1.29 is 0 Å². The van der Waals surface area contributed by atoms with Crippen molar-refractivity contribution in [1.29, 1.82) is 0 Å². The predicted molar refractivity (Wildman–Crippen MR) is 74.5 cm³/mol. The van der Waals surface area contributed by atoms with Crippen molar-refractivity contribution in [2.75, 3.05) is 0 Å². The molecule has 2 nitrogen and oxygen atoms in total. The first-order valence-corrected chi connectivity index (χ1v) is 6.35. The van der Waals surface area contributed by atoms with E-state index in [1.54, 1.807) is 18.0 Å². The molecule has 0 saturated heterocycles. The van der Waals surface area contributed by atoms with Crippen LogP contribution in [0.25, 0.3) is 0 Å². The lowest BCUT2D eigenvalue weighted by Gasteiger charge is -2.00. The van der Waals surface area contributed by atoms with Crippen LogP contribution in [-0.4, -0.2) is 10.1 Å². The molecule has 0 N–H and O–H groups in total. The number of hydrogen-bond acceptors (Lipinski definition) is 4. The summed E-state index contributed by atoms with van der Waals surface area (Å²) in [5.41, 5.74) is 0.709. The molecule has 1 aromatic carbocycles. The van der Waals surface area contributed by atoms with E-state index in [4.69, 9.17) is 11.6 Å². The second-order valence-corrected chi connectivity index (χ2v) is 4.83. The highest BCUT2D eigenvalue weighted by Gasteiger charge is 1.99. The van der Waals surface area contributed by atoms with Gasteiger partial charge in [0.1, 0.15) is 5.03 Å². The van der Waals surface area contributed by atoms with Gasteiger partial charge in [-0.05, 0) is 48.6 Å². The van der Waals surface area contributed by atoms with Gasteiger partial charge in [-0.25, -0.2) is 4.98 Å². The van der Waals surface area contributed by atoms with E-state index in [2.05, 4.69) is 27.4 Å². The Morgan fingerprint density at radius 3 is 2.53 bits per heavy atom. The molecule has 2 rings (SSSR count). The van der Waals surface area contributed by atoms with Crippen LogP contribution >= 0.6 is 35.6 Å². The molecular formula is C12H7ClN2S2. The number of nitrogens with zero attached hydrogens (tertiary/aromatic N) is 2. The minimum Gasteiger partial charge on any atom is -0.247 e. The summed E-state index contributed by atoms with van der Waals surface area (Å²) in [4.78, 5) is 9.20. The van der Waals surface area contributed by atoms with Crippen LogP contribution < -0.4 is 0 Å². The molecule has 1 aromatic heterocycles. The molecule has 0 aliphatic heterocycles. The van der Waals surface area contributed by atoms with Crippen molar-refractivity contribution in [2.24, 2.45) is 4.99 Å². The largest absolute Gasteiger partial charge is 0.247 e. The number of rotatable bonds is 3. The Bertz CT molecular complexity index is 546. The highest BCUT2D eigenvalue weighted by Crippen LogP contribution is 2.27. The molecule has 0 fully saturated rings. The minimum absolute atomic E-state index is 0.709. The van der Waals surface area contributed by atoms with E-state index >= 15 is 0 Å². The first kappa shape index (κ1) is 12.3. The quantitative estimate of drug-likeness (QED) is 0.605. The van der Waals surface area contributed by atoms with E-state index in [-0.39, 0.29) is 0 Å². The first-order chi connectivity index (χ1) is 8.28. The molecule has 0 radical (unpaired) electrons. The number of aliphatic imine (C=N–C) groups is 1. The molecule has 0 spiro atoms. The number of aromatic nitrogens is 1. The van der Waals surface area contributed by atoms with E-state index < -0.39 is 0 Å². The number of benzene rings is 1. The zero-order chi connectivity index (χ0) is 12.1. The molecule has 84 valence electrons. The Morgan fingerprint density at radius 2 is 1.94 bits per heavy atom. The van der Waals surface area contributed by atoms with E-state index in [9.17, 15) is 0 Å². The Morgan fingerprint density at radius 1 is 1.18 bits per heavy atom. The lowest BCUT2D eigenvalue weighted by atomic mass is 10.4. The average Bonchev–Trinajstić information content (AvgIpc) is 2.35. The number of pyridine rings is 1. The van der Waals surface area contributed by atoms with Crippen molar-refractivity contribution in [3.05, 3.63) is 47.6 Å². The summed E-state index contributed by atoms with van der Waals surface area (Å²) in [7, 11) is 0. The normalized spacial score (nSPS) is 9.71. The standard InChI is InChI=1S/C12H7ClN2S2/c13-9-1-4-11(5-2-9)17-12-6-3-10(7-14-12)15-8-16/h1-7H. The van der Waals surface area contributed by atoms with Crippen LogP contribution in [-0.2, 0) is 0 Å². The zero-order valence-electron chi connectivity index (χ0n) is 8.63. The summed E-state index contributed by atoms with van der Waals surface area (Å²) in [6.07, 6.45) is 1.66. The van der Waals surface area contributed by atoms with Gasteiger partial charge in [-0.3, -0.25) is 0 Å². The van der Waals surface area contributed by atoms with Gasteiger partial charge < -0.3 is 0 Å². The van der Waals surface area contributed by atoms with Crippen molar-refractivity contribution in [3.8, 4) is 0 Å². The summed E-state index contributed by atoms with van der Waals surface area (Å²) in [6.45, 7) is 0. The second-order valence-electron chi connectivity index (χ2n) is 3.11. The molecule has 1 heterocycles. The number of isothiocyanates is 1. The van der Waals surface area contributed by atoms with Crippen LogP contribution in [0.2, 0.25) is 5.02 Å². The highest BCUT2D eigenvalue weighted by molar-refractivity contribution is 7.99. The van der Waals surface area contributed by atoms with E-state index in [0.29, 0.717) is 5.69 Å². The minimum atomic E-state index is 0.709. The molecule has 0 amide bonds. The fourth-order valence-electron chi connectivity index (χ4n) is 1.18. The molecule has 0 unspecified atom stereocenters. The molecule has 17 heavy (non-hydrogen) atoms. The van der Waals surface area contributed by atoms with Gasteiger partial charge in [0.2, 0.25) is 0 Å². The smallest absolute Gasteiger partial charge is 0.101 e. The van der Waals surface area contributed by atoms with E-state index in [0.717, 1.165) is 14.9 Å². The van der Waals surface area contributed by atoms with Crippen LogP contribution in [0, 0.1) is 0 Å². The lowest BCUT2D eigenvalue weighted by molar-refractivity contribution is 1.13. The second kappa shape index (κ2) is 5.94. The summed E-state index contributed by atoms with van der Waals surface area (Å²) < 4.78 is 0. The Kier molecular flexibility index (Phi) is 4.29. The molecule has 0 bridgehead atoms. The molecular weight excluding hydrogens is 272 g/mol. The fourth-order valence-corrected chi connectivity index (χ4v) is 2.16. The Balaban J connectivity index is 2.13. The molecule has 5 heteroatoms. The van der Waals surface area contributed by atoms with Gasteiger partial charge in [0.25, 0.3) is 0 Å². The monoisotopic (exact) mass is 278 g/mol. The molecule has 0 atom stereocenters. The van der Waals surface area contributed by atoms with E-state index in [1.165, 1.54) is 0 Å². The number of hydrogen-bond donors (Lipinski definition) is 0. The molecule has 0 saturated carbocycles. The van der Waals surface area contributed by atoms with Gasteiger partial charge in [-0.1, -0.05) is 23.4 Å². The summed E-state index contributed by atoms with van der Waals surface area (Å²) in [6, 6.07) is 11.4. The number of halogens is 1. The molecule has 2 aromatic rings. The third-order valence-corrected chi connectivity index (χ3v) is 3.23. The van der Waals surface area contributed by atoms with Crippen LogP contribution in [0.4, 0.5) is 5.69 Å². The van der Waals surface area contributed by atoms with Crippen molar-refractivity contribution in [3.63, 3.8) is 0 Å². The maximum atomic E-state index is 5.82. The highest BCUT2D eigenvalue weighted by atomic mass is 35.5. The maximum Gasteiger partial charge on any atom is 0.101 e. The topological polar surface area (TPSA) is 25.2 Å².